The van der Waals surface area contributed by atoms with Crippen LogP contribution >= 0.6 is 0 Å². The summed E-state index contributed by atoms with van der Waals surface area (Å²) in [6.45, 7) is 0. The van der Waals surface area contributed by atoms with E-state index in [4.69, 9.17) is 0 Å². The first-order valence-corrected chi connectivity index (χ1v) is 10.2. The average Bonchev–Trinajstić information content (AvgIpc) is 1.19. The van der Waals surface area contributed by atoms with Gasteiger partial charge in [0.1, 0.15) is 0 Å². The molecule has 0 fully saturated rings. The summed E-state index contributed by atoms with van der Waals surface area (Å²) in [5.74, 6) is 0. The summed E-state index contributed by atoms with van der Waals surface area (Å²) in [6, 6.07) is 0. The fourth-order valence-corrected chi connectivity index (χ4v) is 0. The minimum Gasteiger partial charge on any atom is 0 e. The van der Waals surface area contributed by atoms with Gasteiger partial charge < -0.3 is 0 Å². The first kappa shape index (κ1) is 34.7. The molecule has 0 aromatic rings. The fraction of sp³-hybridized carbons (Fsp3) is 0. The van der Waals surface area contributed by atoms with E-state index < -0.39 is 25.9 Å². The van der Waals surface area contributed by atoms with Crippen molar-refractivity contribution in [3.63, 3.8) is 0 Å². The molecule has 0 spiro atoms. The summed E-state index contributed by atoms with van der Waals surface area (Å²) in [6.07, 6.45) is 0. The van der Waals surface area contributed by atoms with E-state index in [0.29, 0.717) is 0 Å². The fourth-order valence-electron chi connectivity index (χ4n) is 0. The van der Waals surface area contributed by atoms with Gasteiger partial charge in [0, 0.05) is 34.7 Å². The van der Waals surface area contributed by atoms with Crippen molar-refractivity contribution in [1.29, 1.82) is 0 Å². The van der Waals surface area contributed by atoms with E-state index in [0.717, 1.165) is 0 Å². The molecule has 0 amide bonds. The molecule has 0 saturated heterocycles. The molecule has 0 rings (SSSR count). The normalized spacial score (nSPS) is 21.1. The van der Waals surface area contributed by atoms with Gasteiger partial charge in [0.05, 0.1) is 0 Å². The van der Waals surface area contributed by atoms with Crippen molar-refractivity contribution < 1.29 is 73.9 Å². The molecule has 0 saturated carbocycles. The second-order valence-electron chi connectivity index (χ2n) is 3.21. The smallest absolute Gasteiger partial charge is 0 e. The average molecular weight is 480 g/mol. The van der Waals surface area contributed by atoms with E-state index in [-0.39, 0.29) is 34.7 Å². The quantitative estimate of drug-likeness (QED) is 0.239. The van der Waals surface area contributed by atoms with Crippen LogP contribution in [-0.2, 0) is 0 Å². The van der Waals surface area contributed by atoms with Gasteiger partial charge in [-0.25, -0.2) is 0 Å². The van der Waals surface area contributed by atoms with Crippen molar-refractivity contribution >= 4 is 60.6 Å². The van der Waals surface area contributed by atoms with E-state index in [1.165, 1.54) is 0 Å². The maximum Gasteiger partial charge on any atom is 0 e. The summed E-state index contributed by atoms with van der Waals surface area (Å²) in [4.78, 5) is 0. The Kier molecular flexibility index (Phi) is 7.55. The molecule has 150 valence electrons. The van der Waals surface area contributed by atoms with Gasteiger partial charge in [0.25, 0.3) is 0 Å². The van der Waals surface area contributed by atoms with Crippen molar-refractivity contribution in [3.8, 4) is 0 Å². The molecule has 0 aliphatic rings. The molecule has 0 aromatic carbocycles. The molecule has 23 heteroatoms. The van der Waals surface area contributed by atoms with Crippen LogP contribution in [0.4, 0.5) is 73.9 Å². The third kappa shape index (κ3) is 45300. The molecule has 0 nitrogen and oxygen atoms in total. The summed E-state index contributed by atoms with van der Waals surface area (Å²) in [5.41, 5.74) is 0. The van der Waals surface area contributed by atoms with E-state index >= 15 is 0 Å². The molecule has 23 heavy (non-hydrogen) atoms. The summed E-state index contributed by atoms with van der Waals surface area (Å²) < 4.78 is 178. The monoisotopic (exact) mass is 480 g/mol. The molecule has 0 aromatic heterocycles. The molecule has 6 radical (unpaired) electrons. The minimum absolute atomic E-state index is 0. The molecule has 0 atom stereocenters. The van der Waals surface area contributed by atoms with Gasteiger partial charge in [-0.3, -0.25) is 0 Å². The van der Waals surface area contributed by atoms with Crippen LogP contribution in [-0.4, -0.2) is 60.6 Å². The third-order valence-corrected chi connectivity index (χ3v) is 0. The predicted octanol–water partition coefficient (Wildman–Crippen LogP) is 5.66. The summed E-state index contributed by atoms with van der Waals surface area (Å²) >= 11 is 0. The Labute approximate surface area is 135 Å². The van der Waals surface area contributed by atoms with Crippen molar-refractivity contribution in [2.45, 2.75) is 0 Å². The van der Waals surface area contributed by atoms with Crippen LogP contribution in [0.5, 0.6) is 0 Å². The molecule has 0 bridgehead atoms. The largest absolute Gasteiger partial charge is 0 e. The molecular weight excluding hydrogens is 480 g/mol. The first-order chi connectivity index (χ1) is 7.35. The van der Waals surface area contributed by atoms with Crippen molar-refractivity contribution in [1.82, 2.24) is 0 Å². The number of hydrogen-bond acceptors (Lipinski definition) is 0. The molecule has 0 N–H and O–H groups in total. The Balaban J connectivity index is -0.0000000675. The van der Waals surface area contributed by atoms with Crippen LogP contribution < -0.4 is 0 Å². The Hall–Kier alpha value is 0.456. The molecule has 0 heterocycles. The van der Waals surface area contributed by atoms with Gasteiger partial charge in [-0.15, -0.1) is 0 Å². The second-order valence-corrected chi connectivity index (χ2v) is 9.64. The van der Waals surface area contributed by atoms with Crippen LogP contribution in [0.2, 0.25) is 0 Å². The van der Waals surface area contributed by atoms with E-state index in [2.05, 4.69) is 0 Å². The number of rotatable bonds is 0. The summed E-state index contributed by atoms with van der Waals surface area (Å²) in [7, 11) is -32.5. The van der Waals surface area contributed by atoms with Crippen LogP contribution in [0.15, 0.2) is 0 Å². The Morgan fingerprint density at radius 2 is 0.217 bits per heavy atom. The molecule has 0 unspecified atom stereocenters. The molecule has 0 aliphatic carbocycles. The minimum atomic E-state index is -10.8. The zero-order chi connectivity index (χ0) is 19.2. The van der Waals surface area contributed by atoms with Crippen LogP contribution in [0.3, 0.4) is 0 Å². The van der Waals surface area contributed by atoms with Crippen LogP contribution in [0.1, 0.15) is 0 Å². The zero-order valence-electron chi connectivity index (χ0n) is 9.46. The van der Waals surface area contributed by atoms with Gasteiger partial charge in [-0.1, -0.05) is 0 Å². The Morgan fingerprint density at radius 1 is 0.217 bits per heavy atom. The van der Waals surface area contributed by atoms with Gasteiger partial charge in [0.15, 0.2) is 0 Å². The summed E-state index contributed by atoms with van der Waals surface area (Å²) in [5, 5.41) is 0. The maximum atomic E-state index is 9.88. The van der Waals surface area contributed by atoms with E-state index in [1.54, 1.807) is 0 Å². The Morgan fingerprint density at radius 3 is 0.217 bits per heavy atom. The van der Waals surface area contributed by atoms with Crippen molar-refractivity contribution in [3.05, 3.63) is 0 Å². The Bertz CT molecular complexity index is 269. The predicted molar refractivity (Wildman–Crippen MR) is 48.7 cm³/mol. The van der Waals surface area contributed by atoms with Gasteiger partial charge in [0.2, 0.25) is 0 Å². The third-order valence-electron chi connectivity index (χ3n) is 0. The van der Waals surface area contributed by atoms with Crippen molar-refractivity contribution in [2.75, 3.05) is 0 Å². The van der Waals surface area contributed by atoms with Gasteiger partial charge >= 0.3 is 99.8 Å². The van der Waals surface area contributed by atoms with Crippen molar-refractivity contribution in [2.24, 2.45) is 0 Å². The van der Waals surface area contributed by atoms with E-state index in [9.17, 15) is 73.9 Å². The SMILES string of the molecule is F[Si-2](F)(F)(F)(F)F.F[Si-2](F)(F)(F)(F)F.F[Si-2](F)(F)(F)(F)F.[Al].[Al]. The van der Waals surface area contributed by atoms with Crippen LogP contribution in [0.25, 0.3) is 0 Å². The first-order valence-electron chi connectivity index (χ1n) is 3.40. The van der Waals surface area contributed by atoms with Gasteiger partial charge in [-0.05, 0) is 0 Å². The second kappa shape index (κ2) is 5.00. The molecule has 0 aliphatic heterocycles. The maximum absolute atomic E-state index is 10.8. The van der Waals surface area contributed by atoms with Gasteiger partial charge in [-0.2, -0.15) is 0 Å². The zero-order valence-corrected chi connectivity index (χ0v) is 14.8. The topological polar surface area (TPSA) is 0 Å². The molecular formula is Al2F18Si3-6. The van der Waals surface area contributed by atoms with Crippen LogP contribution in [0, 0.1) is 0 Å². The van der Waals surface area contributed by atoms with E-state index in [1.807, 2.05) is 0 Å². The number of hydrogen-bond donors (Lipinski definition) is 0. The number of halogens is 18. The standard InChI is InChI=1S/2Al.3F6Si/c;;3*1-7(2,3,4,5)6/q;;3*-2.